The SMILES string of the molecule is Cc1ccc2c(Nc3cccc(OC(F)(F)F)c3)c(C(=O)OC(C)C)cnc2n1. The van der Waals surface area contributed by atoms with Crippen LogP contribution >= 0.6 is 0 Å². The largest absolute Gasteiger partial charge is 0.573 e. The van der Waals surface area contributed by atoms with Crippen molar-refractivity contribution in [3.8, 4) is 5.75 Å². The molecule has 0 fully saturated rings. The number of nitrogens with one attached hydrogen (secondary N) is 1. The van der Waals surface area contributed by atoms with Gasteiger partial charge in [0.1, 0.15) is 11.3 Å². The summed E-state index contributed by atoms with van der Waals surface area (Å²) in [5.41, 5.74) is 1.88. The highest BCUT2D eigenvalue weighted by Crippen LogP contribution is 2.32. The highest BCUT2D eigenvalue weighted by atomic mass is 19.4. The molecule has 0 bridgehead atoms. The van der Waals surface area contributed by atoms with E-state index in [9.17, 15) is 18.0 Å². The van der Waals surface area contributed by atoms with E-state index in [4.69, 9.17) is 4.74 Å². The van der Waals surface area contributed by atoms with Crippen molar-refractivity contribution in [2.75, 3.05) is 5.32 Å². The third-order valence-electron chi connectivity index (χ3n) is 3.77. The molecule has 0 saturated carbocycles. The normalized spacial score (nSPS) is 11.6. The number of nitrogens with zero attached hydrogens (tertiary/aromatic N) is 2. The number of pyridine rings is 2. The molecule has 0 amide bonds. The zero-order chi connectivity index (χ0) is 21.2. The first-order chi connectivity index (χ1) is 13.6. The minimum atomic E-state index is -4.81. The van der Waals surface area contributed by atoms with E-state index in [0.717, 1.165) is 5.69 Å². The van der Waals surface area contributed by atoms with E-state index < -0.39 is 12.3 Å². The fourth-order valence-electron chi connectivity index (χ4n) is 2.65. The number of halogens is 3. The summed E-state index contributed by atoms with van der Waals surface area (Å²) in [6.45, 7) is 5.22. The maximum atomic E-state index is 12.5. The number of hydrogen-bond acceptors (Lipinski definition) is 6. The van der Waals surface area contributed by atoms with E-state index in [1.54, 1.807) is 39.0 Å². The molecular formula is C20H18F3N3O3. The quantitative estimate of drug-likeness (QED) is 0.592. The van der Waals surface area contributed by atoms with Crippen molar-refractivity contribution in [1.29, 1.82) is 0 Å². The third kappa shape index (κ3) is 5.13. The van der Waals surface area contributed by atoms with Crippen molar-refractivity contribution in [2.24, 2.45) is 0 Å². The zero-order valence-corrected chi connectivity index (χ0v) is 15.9. The van der Waals surface area contributed by atoms with E-state index in [-0.39, 0.29) is 17.4 Å². The van der Waals surface area contributed by atoms with Gasteiger partial charge in [-0.05, 0) is 45.0 Å². The van der Waals surface area contributed by atoms with Crippen molar-refractivity contribution in [1.82, 2.24) is 9.97 Å². The lowest BCUT2D eigenvalue weighted by Gasteiger charge is -2.16. The molecule has 1 aromatic carbocycles. The Hall–Kier alpha value is -3.36. The molecule has 0 aliphatic rings. The molecule has 9 heteroatoms. The lowest BCUT2D eigenvalue weighted by molar-refractivity contribution is -0.274. The van der Waals surface area contributed by atoms with Crippen molar-refractivity contribution in [3.05, 3.63) is 53.9 Å². The molecule has 0 radical (unpaired) electrons. The minimum Gasteiger partial charge on any atom is -0.459 e. The Morgan fingerprint density at radius 3 is 2.62 bits per heavy atom. The number of aryl methyl sites for hydroxylation is 1. The fraction of sp³-hybridized carbons (Fsp3) is 0.250. The van der Waals surface area contributed by atoms with Gasteiger partial charge < -0.3 is 14.8 Å². The summed E-state index contributed by atoms with van der Waals surface area (Å²) >= 11 is 0. The summed E-state index contributed by atoms with van der Waals surface area (Å²) < 4.78 is 46.8. The number of hydrogen-bond donors (Lipinski definition) is 1. The highest BCUT2D eigenvalue weighted by Gasteiger charge is 2.31. The maximum Gasteiger partial charge on any atom is 0.573 e. The number of carbonyl (C=O) groups excluding carboxylic acids is 1. The number of ether oxygens (including phenoxy) is 2. The highest BCUT2D eigenvalue weighted by molar-refractivity contribution is 6.05. The molecule has 0 saturated heterocycles. The van der Waals surface area contributed by atoms with E-state index in [1.165, 1.54) is 24.4 Å². The topological polar surface area (TPSA) is 73.3 Å². The second-order valence-electron chi connectivity index (χ2n) is 6.53. The van der Waals surface area contributed by atoms with Gasteiger partial charge in [0.2, 0.25) is 0 Å². The number of benzene rings is 1. The van der Waals surface area contributed by atoms with E-state index in [2.05, 4.69) is 20.0 Å². The summed E-state index contributed by atoms with van der Waals surface area (Å²) in [6.07, 6.45) is -3.83. The monoisotopic (exact) mass is 405 g/mol. The Morgan fingerprint density at radius 1 is 1.17 bits per heavy atom. The predicted octanol–water partition coefficient (Wildman–Crippen LogP) is 5.15. The standard InChI is InChI=1S/C20H18F3N3O3/c1-11(2)28-19(27)16-10-24-18-15(8-7-12(3)25-18)17(16)26-13-5-4-6-14(9-13)29-20(21,22)23/h4-11H,1-3H3,(H,24,25,26). The molecule has 2 heterocycles. The molecule has 0 aliphatic heterocycles. The summed E-state index contributed by atoms with van der Waals surface area (Å²) in [5.74, 6) is -0.999. The minimum absolute atomic E-state index is 0.138. The first-order valence-corrected chi connectivity index (χ1v) is 8.72. The van der Waals surface area contributed by atoms with Crippen molar-refractivity contribution >= 4 is 28.4 Å². The first kappa shape index (κ1) is 20.4. The van der Waals surface area contributed by atoms with Gasteiger partial charge >= 0.3 is 12.3 Å². The van der Waals surface area contributed by atoms with Crippen LogP contribution in [0.3, 0.4) is 0 Å². The van der Waals surface area contributed by atoms with Crippen LogP contribution < -0.4 is 10.1 Å². The lowest BCUT2D eigenvalue weighted by Crippen LogP contribution is -2.17. The van der Waals surface area contributed by atoms with Crippen LogP contribution in [-0.2, 0) is 4.74 Å². The molecular weight excluding hydrogens is 387 g/mol. The van der Waals surface area contributed by atoms with Gasteiger partial charge in [0.05, 0.1) is 11.8 Å². The van der Waals surface area contributed by atoms with Crippen LogP contribution in [-0.4, -0.2) is 28.4 Å². The fourth-order valence-corrected chi connectivity index (χ4v) is 2.65. The molecule has 3 rings (SSSR count). The van der Waals surface area contributed by atoms with Crippen molar-refractivity contribution in [2.45, 2.75) is 33.2 Å². The van der Waals surface area contributed by atoms with Crippen LogP contribution in [0.25, 0.3) is 11.0 Å². The van der Waals surface area contributed by atoms with Gasteiger partial charge in [0.15, 0.2) is 5.65 Å². The number of anilines is 2. The Balaban J connectivity index is 2.07. The number of fused-ring (bicyclic) bond motifs is 1. The second-order valence-corrected chi connectivity index (χ2v) is 6.53. The molecule has 0 unspecified atom stereocenters. The van der Waals surface area contributed by atoms with Gasteiger partial charge in [-0.3, -0.25) is 0 Å². The first-order valence-electron chi connectivity index (χ1n) is 8.72. The summed E-state index contributed by atoms with van der Waals surface area (Å²) in [6, 6.07) is 8.79. The second kappa shape index (κ2) is 7.94. The van der Waals surface area contributed by atoms with Crippen molar-refractivity contribution in [3.63, 3.8) is 0 Å². The molecule has 152 valence electrons. The number of esters is 1. The summed E-state index contributed by atoms with van der Waals surface area (Å²) in [7, 11) is 0. The number of rotatable bonds is 5. The van der Waals surface area contributed by atoms with Gasteiger partial charge in [0, 0.05) is 29.0 Å². The predicted molar refractivity (Wildman–Crippen MR) is 101 cm³/mol. The number of alkyl halides is 3. The number of aromatic nitrogens is 2. The Bertz CT molecular complexity index is 1050. The lowest BCUT2D eigenvalue weighted by atomic mass is 10.1. The van der Waals surface area contributed by atoms with Crippen molar-refractivity contribution < 1.29 is 27.4 Å². The van der Waals surface area contributed by atoms with Gasteiger partial charge in [0.25, 0.3) is 0 Å². The van der Waals surface area contributed by atoms with Crippen LogP contribution in [0.1, 0.15) is 29.9 Å². The molecule has 0 aliphatic carbocycles. The molecule has 29 heavy (non-hydrogen) atoms. The Labute approximate surface area is 164 Å². The van der Waals surface area contributed by atoms with Crippen LogP contribution in [0, 0.1) is 6.92 Å². The van der Waals surface area contributed by atoms with Crippen LogP contribution in [0.4, 0.5) is 24.5 Å². The van der Waals surface area contributed by atoms with Gasteiger partial charge in [-0.15, -0.1) is 13.2 Å². The molecule has 0 atom stereocenters. The molecule has 2 aromatic heterocycles. The maximum absolute atomic E-state index is 12.5. The summed E-state index contributed by atoms with van der Waals surface area (Å²) in [5, 5.41) is 3.51. The average Bonchev–Trinajstić information content (AvgIpc) is 2.59. The zero-order valence-electron chi connectivity index (χ0n) is 15.9. The smallest absolute Gasteiger partial charge is 0.459 e. The average molecular weight is 405 g/mol. The Morgan fingerprint density at radius 2 is 1.93 bits per heavy atom. The molecule has 6 nitrogen and oxygen atoms in total. The molecule has 1 N–H and O–H groups in total. The third-order valence-corrected chi connectivity index (χ3v) is 3.77. The van der Waals surface area contributed by atoms with Crippen LogP contribution in [0.5, 0.6) is 5.75 Å². The van der Waals surface area contributed by atoms with Gasteiger partial charge in [-0.2, -0.15) is 0 Å². The summed E-state index contributed by atoms with van der Waals surface area (Å²) in [4.78, 5) is 21.1. The van der Waals surface area contributed by atoms with Gasteiger partial charge in [-0.1, -0.05) is 6.07 Å². The number of carbonyl (C=O) groups is 1. The molecule has 3 aromatic rings. The van der Waals surface area contributed by atoms with Crippen LogP contribution in [0.15, 0.2) is 42.6 Å². The van der Waals surface area contributed by atoms with Crippen LogP contribution in [0.2, 0.25) is 0 Å². The van der Waals surface area contributed by atoms with Gasteiger partial charge in [-0.25, -0.2) is 14.8 Å². The van der Waals surface area contributed by atoms with E-state index in [0.29, 0.717) is 22.4 Å². The molecule has 0 spiro atoms. The van der Waals surface area contributed by atoms with E-state index in [1.807, 2.05) is 0 Å². The Kier molecular flexibility index (Phi) is 5.58. The van der Waals surface area contributed by atoms with E-state index >= 15 is 0 Å².